The normalized spacial score (nSPS) is 10.2. The average Bonchev–Trinajstić information content (AvgIpc) is 2.34. The maximum absolute atomic E-state index is 12.0. The first kappa shape index (κ1) is 13.0. The van der Waals surface area contributed by atoms with Gasteiger partial charge in [0.1, 0.15) is 10.3 Å². The van der Waals surface area contributed by atoms with E-state index in [4.69, 9.17) is 11.6 Å². The number of aryl methyl sites for hydroxylation is 1. The van der Waals surface area contributed by atoms with Gasteiger partial charge in [-0.15, -0.1) is 0 Å². The van der Waals surface area contributed by atoms with E-state index >= 15 is 0 Å². The number of pyridine rings is 2. The first-order valence-electron chi connectivity index (χ1n) is 5.13. The maximum Gasteiger partial charge on any atom is 0.274 e. The molecule has 0 unspecified atom stereocenters. The van der Waals surface area contributed by atoms with Gasteiger partial charge < -0.3 is 5.32 Å². The lowest BCUT2D eigenvalue weighted by atomic mass is 10.2. The molecule has 2 heterocycles. The molecule has 1 N–H and O–H groups in total. The summed E-state index contributed by atoms with van der Waals surface area (Å²) in [6, 6.07) is 6.89. The molecule has 1 amide bonds. The van der Waals surface area contributed by atoms with Crippen LogP contribution in [0.2, 0.25) is 5.15 Å². The number of anilines is 1. The fourth-order valence-corrected chi connectivity index (χ4v) is 1.98. The second-order valence-corrected chi connectivity index (χ2v) is 4.76. The minimum absolute atomic E-state index is 0.262. The minimum atomic E-state index is -0.325. The number of rotatable bonds is 2. The Morgan fingerprint density at radius 2 is 2.17 bits per heavy atom. The van der Waals surface area contributed by atoms with E-state index in [1.165, 1.54) is 0 Å². The smallest absolute Gasteiger partial charge is 0.274 e. The highest BCUT2D eigenvalue weighted by Crippen LogP contribution is 2.23. The molecule has 0 aliphatic carbocycles. The van der Waals surface area contributed by atoms with Crippen molar-refractivity contribution >= 4 is 39.1 Å². The van der Waals surface area contributed by atoms with Gasteiger partial charge in [-0.25, -0.2) is 9.97 Å². The second kappa shape index (κ2) is 5.46. The van der Waals surface area contributed by atoms with Crippen molar-refractivity contribution in [3.63, 3.8) is 0 Å². The number of amides is 1. The molecule has 0 spiro atoms. The Morgan fingerprint density at radius 3 is 2.83 bits per heavy atom. The SMILES string of the molecule is Cc1ccnc(Cl)c1NC(=O)c1cccc(Br)n1. The monoisotopic (exact) mass is 325 g/mol. The third-order valence-electron chi connectivity index (χ3n) is 2.30. The van der Waals surface area contributed by atoms with Crippen molar-refractivity contribution in [2.75, 3.05) is 5.32 Å². The molecule has 2 rings (SSSR count). The predicted molar refractivity (Wildman–Crippen MR) is 73.9 cm³/mol. The fraction of sp³-hybridized carbons (Fsp3) is 0.0833. The zero-order valence-electron chi connectivity index (χ0n) is 9.45. The van der Waals surface area contributed by atoms with Crippen molar-refractivity contribution in [3.05, 3.63) is 51.5 Å². The topological polar surface area (TPSA) is 54.9 Å². The average molecular weight is 327 g/mol. The van der Waals surface area contributed by atoms with Crippen molar-refractivity contribution in [3.8, 4) is 0 Å². The standard InChI is InChI=1S/C12H9BrClN3O/c1-7-5-6-15-11(14)10(7)17-12(18)8-3-2-4-9(13)16-8/h2-6H,1H3,(H,17,18). The van der Waals surface area contributed by atoms with E-state index in [2.05, 4.69) is 31.2 Å². The van der Waals surface area contributed by atoms with Crippen LogP contribution in [0.4, 0.5) is 5.69 Å². The van der Waals surface area contributed by atoms with Crippen LogP contribution in [-0.2, 0) is 0 Å². The van der Waals surface area contributed by atoms with Gasteiger partial charge in [-0.3, -0.25) is 4.79 Å². The van der Waals surface area contributed by atoms with Gasteiger partial charge in [0.2, 0.25) is 0 Å². The summed E-state index contributed by atoms with van der Waals surface area (Å²) in [5, 5.41) is 2.97. The molecule has 18 heavy (non-hydrogen) atoms. The molecular formula is C12H9BrClN3O. The molecule has 0 aromatic carbocycles. The molecule has 0 aliphatic rings. The largest absolute Gasteiger partial charge is 0.318 e. The van der Waals surface area contributed by atoms with Crippen LogP contribution in [0, 0.1) is 6.92 Å². The Labute approximate surface area is 118 Å². The first-order chi connectivity index (χ1) is 8.58. The summed E-state index contributed by atoms with van der Waals surface area (Å²) >= 11 is 9.15. The van der Waals surface area contributed by atoms with Gasteiger partial charge in [0.15, 0.2) is 5.15 Å². The molecule has 0 fully saturated rings. The van der Waals surface area contributed by atoms with Crippen LogP contribution >= 0.6 is 27.5 Å². The van der Waals surface area contributed by atoms with E-state index in [9.17, 15) is 4.79 Å². The number of nitrogens with one attached hydrogen (secondary N) is 1. The van der Waals surface area contributed by atoms with Crippen molar-refractivity contribution in [2.45, 2.75) is 6.92 Å². The second-order valence-electron chi connectivity index (χ2n) is 3.59. The van der Waals surface area contributed by atoms with Crippen LogP contribution in [0.5, 0.6) is 0 Å². The Bertz CT molecular complexity index is 583. The number of carbonyl (C=O) groups is 1. The summed E-state index contributed by atoms with van der Waals surface area (Å²) in [6.45, 7) is 1.84. The molecule has 0 radical (unpaired) electrons. The molecule has 2 aromatic rings. The summed E-state index contributed by atoms with van der Waals surface area (Å²) in [6.07, 6.45) is 1.59. The van der Waals surface area contributed by atoms with Crippen LogP contribution in [0.1, 0.15) is 16.1 Å². The van der Waals surface area contributed by atoms with Crippen LogP contribution in [-0.4, -0.2) is 15.9 Å². The van der Waals surface area contributed by atoms with E-state index in [1.807, 2.05) is 6.92 Å². The van der Waals surface area contributed by atoms with Crippen molar-refractivity contribution < 1.29 is 4.79 Å². The third kappa shape index (κ3) is 2.86. The summed E-state index contributed by atoms with van der Waals surface area (Å²) < 4.78 is 0.601. The lowest BCUT2D eigenvalue weighted by Gasteiger charge is -2.09. The molecule has 4 nitrogen and oxygen atoms in total. The molecule has 0 saturated carbocycles. The zero-order valence-corrected chi connectivity index (χ0v) is 11.8. The Kier molecular flexibility index (Phi) is 3.93. The number of carbonyl (C=O) groups excluding carboxylic acids is 1. The molecule has 0 aliphatic heterocycles. The number of nitrogens with zero attached hydrogens (tertiary/aromatic N) is 2. The minimum Gasteiger partial charge on any atom is -0.318 e. The number of hydrogen-bond acceptors (Lipinski definition) is 3. The molecule has 0 atom stereocenters. The Balaban J connectivity index is 2.27. The van der Waals surface area contributed by atoms with Gasteiger partial charge >= 0.3 is 0 Å². The van der Waals surface area contributed by atoms with E-state index in [0.29, 0.717) is 16.0 Å². The third-order valence-corrected chi connectivity index (χ3v) is 3.03. The van der Waals surface area contributed by atoms with Gasteiger partial charge in [0.25, 0.3) is 5.91 Å². The quantitative estimate of drug-likeness (QED) is 0.860. The Morgan fingerprint density at radius 1 is 1.39 bits per heavy atom. The first-order valence-corrected chi connectivity index (χ1v) is 6.30. The number of aromatic nitrogens is 2. The molecule has 92 valence electrons. The number of halogens is 2. The van der Waals surface area contributed by atoms with Gasteiger partial charge in [0, 0.05) is 6.20 Å². The highest BCUT2D eigenvalue weighted by atomic mass is 79.9. The highest BCUT2D eigenvalue weighted by molar-refractivity contribution is 9.10. The van der Waals surface area contributed by atoms with E-state index in [0.717, 1.165) is 5.56 Å². The molecule has 0 bridgehead atoms. The van der Waals surface area contributed by atoms with E-state index in [1.54, 1.807) is 30.5 Å². The van der Waals surface area contributed by atoms with Crippen LogP contribution in [0.3, 0.4) is 0 Å². The fourth-order valence-electron chi connectivity index (χ4n) is 1.39. The zero-order chi connectivity index (χ0) is 13.1. The molecular weight excluding hydrogens is 318 g/mol. The molecule has 2 aromatic heterocycles. The van der Waals surface area contributed by atoms with E-state index in [-0.39, 0.29) is 11.1 Å². The van der Waals surface area contributed by atoms with Crippen molar-refractivity contribution in [1.29, 1.82) is 0 Å². The molecule has 6 heteroatoms. The lowest BCUT2D eigenvalue weighted by molar-refractivity contribution is 0.102. The summed E-state index contributed by atoms with van der Waals surface area (Å²) in [7, 11) is 0. The van der Waals surface area contributed by atoms with Crippen molar-refractivity contribution in [2.24, 2.45) is 0 Å². The van der Waals surface area contributed by atoms with Gasteiger partial charge in [-0.2, -0.15) is 0 Å². The predicted octanol–water partition coefficient (Wildman–Crippen LogP) is 3.45. The lowest BCUT2D eigenvalue weighted by Crippen LogP contribution is -2.15. The highest BCUT2D eigenvalue weighted by Gasteiger charge is 2.12. The maximum atomic E-state index is 12.0. The van der Waals surface area contributed by atoms with Crippen LogP contribution in [0.25, 0.3) is 0 Å². The van der Waals surface area contributed by atoms with E-state index < -0.39 is 0 Å². The molecule has 0 saturated heterocycles. The van der Waals surface area contributed by atoms with Crippen molar-refractivity contribution in [1.82, 2.24) is 9.97 Å². The van der Waals surface area contributed by atoms with Crippen LogP contribution in [0.15, 0.2) is 35.1 Å². The summed E-state index contributed by atoms with van der Waals surface area (Å²) in [4.78, 5) is 20.0. The van der Waals surface area contributed by atoms with Gasteiger partial charge in [0.05, 0.1) is 5.69 Å². The van der Waals surface area contributed by atoms with Gasteiger partial charge in [-0.1, -0.05) is 17.7 Å². The number of hydrogen-bond donors (Lipinski definition) is 1. The van der Waals surface area contributed by atoms with Crippen LogP contribution < -0.4 is 5.32 Å². The summed E-state index contributed by atoms with van der Waals surface area (Å²) in [5.74, 6) is -0.325. The van der Waals surface area contributed by atoms with Gasteiger partial charge in [-0.05, 0) is 46.6 Å². The Hall–Kier alpha value is -1.46. The summed E-state index contributed by atoms with van der Waals surface area (Å²) in [5.41, 5.74) is 1.66.